The molecule has 0 unspecified atom stereocenters. The average Bonchev–Trinajstić information content (AvgIpc) is 3.01. The van der Waals surface area contributed by atoms with Gasteiger partial charge in [0.2, 0.25) is 0 Å². The monoisotopic (exact) mass is 332 g/mol. The summed E-state index contributed by atoms with van der Waals surface area (Å²) in [6.45, 7) is 0. The lowest BCUT2D eigenvalue weighted by molar-refractivity contribution is 0.392. The predicted molar refractivity (Wildman–Crippen MR) is 88.7 cm³/mol. The lowest BCUT2D eigenvalue weighted by Crippen LogP contribution is -2.14. The molecule has 0 aliphatic rings. The highest BCUT2D eigenvalue weighted by Gasteiger charge is 2.21. The molecule has 0 aliphatic carbocycles. The summed E-state index contributed by atoms with van der Waals surface area (Å²) in [6, 6.07) is 11.8. The van der Waals surface area contributed by atoms with Crippen LogP contribution in [0, 0.1) is 0 Å². The third kappa shape index (κ3) is 2.95. The summed E-state index contributed by atoms with van der Waals surface area (Å²) in [6.07, 6.45) is 1.80. The molecule has 0 amide bonds. The van der Waals surface area contributed by atoms with E-state index in [-0.39, 0.29) is 10.6 Å². The molecule has 1 aromatic heterocycles. The third-order valence-corrected chi connectivity index (χ3v) is 4.87. The fraction of sp³-hybridized carbons (Fsp3) is 0.125. The van der Waals surface area contributed by atoms with Crippen molar-refractivity contribution in [3.05, 3.63) is 48.7 Å². The van der Waals surface area contributed by atoms with Crippen LogP contribution in [0.5, 0.6) is 11.5 Å². The lowest BCUT2D eigenvalue weighted by Gasteiger charge is -2.13. The Morgan fingerprint density at radius 2 is 1.83 bits per heavy atom. The molecule has 23 heavy (non-hydrogen) atoms. The second-order valence-corrected chi connectivity index (χ2v) is 6.55. The molecule has 6 nitrogen and oxygen atoms in total. The molecule has 120 valence electrons. The Morgan fingerprint density at radius 1 is 1.00 bits per heavy atom. The Hall–Kier alpha value is -2.67. The molecule has 0 saturated heterocycles. The smallest absolute Gasteiger partial charge is 0.265 e. The number of ether oxygens (including phenoxy) is 2. The van der Waals surface area contributed by atoms with Crippen molar-refractivity contribution < 1.29 is 17.9 Å². The standard InChI is InChI=1S/C16H16N2O4S/c1-21-13-4-6-15(22-2)16(10-13)23(19,20)18-12-3-5-14-11(9-12)7-8-17-14/h3-10,17-18H,1-2H3. The minimum Gasteiger partial charge on any atom is -0.497 e. The number of nitrogens with one attached hydrogen (secondary N) is 2. The Kier molecular flexibility index (Phi) is 3.87. The molecule has 7 heteroatoms. The van der Waals surface area contributed by atoms with Gasteiger partial charge in [0.1, 0.15) is 16.4 Å². The Labute approximate surface area is 134 Å². The minimum atomic E-state index is -3.81. The summed E-state index contributed by atoms with van der Waals surface area (Å²) in [4.78, 5) is 3.08. The molecule has 0 fully saturated rings. The normalized spacial score (nSPS) is 11.4. The molecular weight excluding hydrogens is 316 g/mol. The van der Waals surface area contributed by atoms with Gasteiger partial charge in [-0.2, -0.15) is 0 Å². The zero-order valence-corrected chi connectivity index (χ0v) is 13.5. The molecule has 2 aromatic carbocycles. The van der Waals surface area contributed by atoms with Crippen molar-refractivity contribution in [2.75, 3.05) is 18.9 Å². The SMILES string of the molecule is COc1ccc(OC)c(S(=O)(=O)Nc2ccc3[nH]ccc3c2)c1. The number of benzene rings is 2. The summed E-state index contributed by atoms with van der Waals surface area (Å²) < 4.78 is 38.1. The second kappa shape index (κ2) is 5.85. The number of anilines is 1. The molecule has 1 heterocycles. The predicted octanol–water partition coefficient (Wildman–Crippen LogP) is 2.99. The van der Waals surface area contributed by atoms with Gasteiger partial charge in [0.25, 0.3) is 10.0 Å². The maximum absolute atomic E-state index is 12.7. The summed E-state index contributed by atoms with van der Waals surface area (Å²) in [5.74, 6) is 0.688. The molecule has 0 aliphatic heterocycles. The topological polar surface area (TPSA) is 80.4 Å². The van der Waals surface area contributed by atoms with Gasteiger partial charge < -0.3 is 14.5 Å². The van der Waals surface area contributed by atoms with E-state index >= 15 is 0 Å². The first-order valence-electron chi connectivity index (χ1n) is 6.85. The van der Waals surface area contributed by atoms with Crippen molar-refractivity contribution in [3.8, 4) is 11.5 Å². The molecule has 3 rings (SSSR count). The van der Waals surface area contributed by atoms with E-state index in [2.05, 4.69) is 9.71 Å². The first-order chi connectivity index (χ1) is 11.0. The van der Waals surface area contributed by atoms with Crippen molar-refractivity contribution in [1.29, 1.82) is 0 Å². The molecular formula is C16H16N2O4S. The van der Waals surface area contributed by atoms with Crippen molar-refractivity contribution in [2.45, 2.75) is 4.90 Å². The highest BCUT2D eigenvalue weighted by atomic mass is 32.2. The molecule has 0 radical (unpaired) electrons. The Bertz CT molecular complexity index is 948. The molecule has 0 atom stereocenters. The fourth-order valence-corrected chi connectivity index (χ4v) is 3.56. The van der Waals surface area contributed by atoms with Crippen LogP contribution in [0.25, 0.3) is 10.9 Å². The van der Waals surface area contributed by atoms with Crippen molar-refractivity contribution in [3.63, 3.8) is 0 Å². The number of sulfonamides is 1. The van der Waals surface area contributed by atoms with Crippen LogP contribution in [-0.4, -0.2) is 27.6 Å². The van der Waals surface area contributed by atoms with Crippen LogP contribution in [0.3, 0.4) is 0 Å². The molecule has 0 saturated carbocycles. The molecule has 0 spiro atoms. The van der Waals surface area contributed by atoms with Crippen molar-refractivity contribution in [1.82, 2.24) is 4.98 Å². The zero-order chi connectivity index (χ0) is 16.4. The highest BCUT2D eigenvalue weighted by Crippen LogP contribution is 2.30. The molecule has 0 bridgehead atoms. The van der Waals surface area contributed by atoms with Gasteiger partial charge in [0.05, 0.1) is 14.2 Å². The van der Waals surface area contributed by atoms with Gasteiger partial charge >= 0.3 is 0 Å². The quantitative estimate of drug-likeness (QED) is 0.753. The number of fused-ring (bicyclic) bond motifs is 1. The number of rotatable bonds is 5. The van der Waals surface area contributed by atoms with E-state index < -0.39 is 10.0 Å². The number of aromatic amines is 1. The van der Waals surface area contributed by atoms with Gasteiger partial charge in [-0.25, -0.2) is 8.42 Å². The highest BCUT2D eigenvalue weighted by molar-refractivity contribution is 7.92. The van der Waals surface area contributed by atoms with Crippen molar-refractivity contribution >= 4 is 26.6 Å². The van der Waals surface area contributed by atoms with E-state index in [0.717, 1.165) is 10.9 Å². The third-order valence-electron chi connectivity index (χ3n) is 3.47. The van der Waals surface area contributed by atoms with E-state index in [1.165, 1.54) is 20.3 Å². The van der Waals surface area contributed by atoms with E-state index in [9.17, 15) is 8.42 Å². The van der Waals surface area contributed by atoms with E-state index in [1.54, 1.807) is 30.5 Å². The van der Waals surface area contributed by atoms with Gasteiger partial charge in [-0.15, -0.1) is 0 Å². The summed E-state index contributed by atoms with van der Waals surface area (Å²) >= 11 is 0. The van der Waals surface area contributed by atoms with Crippen LogP contribution in [-0.2, 0) is 10.0 Å². The van der Waals surface area contributed by atoms with Crippen LogP contribution in [0.15, 0.2) is 53.6 Å². The van der Waals surface area contributed by atoms with Gasteiger partial charge in [-0.3, -0.25) is 4.72 Å². The number of hydrogen-bond donors (Lipinski definition) is 2. The second-order valence-electron chi connectivity index (χ2n) is 4.90. The number of aromatic nitrogens is 1. The first-order valence-corrected chi connectivity index (χ1v) is 8.34. The number of methoxy groups -OCH3 is 2. The van der Waals surface area contributed by atoms with Gasteiger partial charge in [0.15, 0.2) is 0 Å². The average molecular weight is 332 g/mol. The van der Waals surface area contributed by atoms with Crippen LogP contribution < -0.4 is 14.2 Å². The van der Waals surface area contributed by atoms with E-state index in [0.29, 0.717) is 11.4 Å². The summed E-state index contributed by atoms with van der Waals surface area (Å²) in [7, 11) is -0.905. The van der Waals surface area contributed by atoms with Gasteiger partial charge in [-0.1, -0.05) is 0 Å². The molecule has 2 N–H and O–H groups in total. The van der Waals surface area contributed by atoms with Gasteiger partial charge in [-0.05, 0) is 36.4 Å². The first kappa shape index (κ1) is 15.2. The Morgan fingerprint density at radius 3 is 2.57 bits per heavy atom. The maximum atomic E-state index is 12.7. The fourth-order valence-electron chi connectivity index (χ4n) is 2.32. The number of H-pyrrole nitrogens is 1. The van der Waals surface area contributed by atoms with Crippen LogP contribution in [0.1, 0.15) is 0 Å². The minimum absolute atomic E-state index is 0.0218. The summed E-state index contributed by atoms with van der Waals surface area (Å²) in [5, 5.41) is 0.919. The molecule has 3 aromatic rings. The van der Waals surface area contributed by atoms with Crippen LogP contribution in [0.2, 0.25) is 0 Å². The van der Waals surface area contributed by atoms with E-state index in [4.69, 9.17) is 9.47 Å². The maximum Gasteiger partial charge on any atom is 0.265 e. The lowest BCUT2D eigenvalue weighted by atomic mass is 10.2. The summed E-state index contributed by atoms with van der Waals surface area (Å²) in [5.41, 5.74) is 1.41. The van der Waals surface area contributed by atoms with Gasteiger partial charge in [0, 0.05) is 28.9 Å². The largest absolute Gasteiger partial charge is 0.497 e. The zero-order valence-electron chi connectivity index (χ0n) is 12.7. The van der Waals surface area contributed by atoms with Crippen LogP contribution >= 0.6 is 0 Å². The van der Waals surface area contributed by atoms with Crippen molar-refractivity contribution in [2.24, 2.45) is 0 Å². The Balaban J connectivity index is 2.00. The van der Waals surface area contributed by atoms with E-state index in [1.807, 2.05) is 12.1 Å². The number of hydrogen-bond acceptors (Lipinski definition) is 4. The van der Waals surface area contributed by atoms with Crippen LogP contribution in [0.4, 0.5) is 5.69 Å².